The largest absolute Gasteiger partial charge is 0.299 e. The molecule has 0 N–H and O–H groups in total. The lowest BCUT2D eigenvalue weighted by molar-refractivity contribution is -0.104. The summed E-state index contributed by atoms with van der Waals surface area (Å²) in [7, 11) is 0. The second kappa shape index (κ2) is 7.48. The maximum atomic E-state index is 10.5. The van der Waals surface area contributed by atoms with Crippen molar-refractivity contribution in [1.29, 1.82) is 0 Å². The average molecular weight is 212 g/mol. The van der Waals surface area contributed by atoms with Gasteiger partial charge in [0.05, 0.1) is 0 Å². The zero-order chi connectivity index (χ0) is 11.6. The van der Waals surface area contributed by atoms with Gasteiger partial charge in [-0.3, -0.25) is 4.79 Å². The molecular weight excluding hydrogens is 196 g/mol. The summed E-state index contributed by atoms with van der Waals surface area (Å²) < 4.78 is 0. The minimum Gasteiger partial charge on any atom is -0.299 e. The lowest BCUT2D eigenvalue weighted by Crippen LogP contribution is -1.81. The maximum absolute atomic E-state index is 10.5. The van der Waals surface area contributed by atoms with Gasteiger partial charge in [0, 0.05) is 12.0 Å². The summed E-state index contributed by atoms with van der Waals surface area (Å²) >= 11 is 0. The van der Waals surface area contributed by atoms with Crippen LogP contribution in [-0.4, -0.2) is 6.29 Å². The second-order valence-electron chi connectivity index (χ2n) is 3.49. The van der Waals surface area contributed by atoms with Gasteiger partial charge < -0.3 is 0 Å². The molecule has 0 unspecified atom stereocenters. The van der Waals surface area contributed by atoms with Crippen molar-refractivity contribution in [3.8, 4) is 11.8 Å². The van der Waals surface area contributed by atoms with E-state index in [-0.39, 0.29) is 0 Å². The number of allylic oxidation sites excluding steroid dienone is 2. The van der Waals surface area contributed by atoms with Crippen molar-refractivity contribution in [2.24, 2.45) is 0 Å². The molecule has 0 saturated carbocycles. The summed E-state index contributed by atoms with van der Waals surface area (Å²) in [5, 5.41) is 0. The van der Waals surface area contributed by atoms with E-state index in [1.807, 2.05) is 30.3 Å². The highest BCUT2D eigenvalue weighted by Crippen LogP contribution is 2.12. The fourth-order valence-corrected chi connectivity index (χ4v) is 1.32. The van der Waals surface area contributed by atoms with E-state index in [2.05, 4.69) is 18.8 Å². The molecule has 0 fully saturated rings. The highest BCUT2D eigenvalue weighted by Gasteiger charge is 1.95. The number of rotatable bonds is 4. The first-order chi connectivity index (χ1) is 7.88. The predicted octanol–water partition coefficient (Wildman–Crippen LogP) is 3.46. The topological polar surface area (TPSA) is 17.1 Å². The summed E-state index contributed by atoms with van der Waals surface area (Å²) in [6, 6.07) is 9.77. The van der Waals surface area contributed by atoms with Crippen molar-refractivity contribution < 1.29 is 4.79 Å². The Balaban J connectivity index is 2.80. The van der Waals surface area contributed by atoms with Crippen molar-refractivity contribution in [2.75, 3.05) is 0 Å². The molecule has 0 bridgehead atoms. The molecule has 1 rings (SSSR count). The molecule has 0 radical (unpaired) electrons. The van der Waals surface area contributed by atoms with Gasteiger partial charge in [-0.2, -0.15) is 0 Å². The van der Waals surface area contributed by atoms with E-state index in [0.717, 1.165) is 36.7 Å². The quantitative estimate of drug-likeness (QED) is 0.323. The van der Waals surface area contributed by atoms with Crippen molar-refractivity contribution >= 4 is 11.9 Å². The van der Waals surface area contributed by atoms with E-state index in [0.29, 0.717) is 0 Å². The number of unbranched alkanes of at least 4 members (excludes halogenated alkanes) is 2. The highest BCUT2D eigenvalue weighted by molar-refractivity contribution is 5.89. The lowest BCUT2D eigenvalue weighted by atomic mass is 10.1. The Morgan fingerprint density at radius 3 is 2.69 bits per heavy atom. The van der Waals surface area contributed by atoms with E-state index in [1.54, 1.807) is 0 Å². The van der Waals surface area contributed by atoms with Gasteiger partial charge in [0.15, 0.2) is 0 Å². The predicted molar refractivity (Wildman–Crippen MR) is 67.8 cm³/mol. The summed E-state index contributed by atoms with van der Waals surface area (Å²) in [5.41, 5.74) is 1.80. The van der Waals surface area contributed by atoms with E-state index in [4.69, 9.17) is 0 Å². The Labute approximate surface area is 97.2 Å². The third-order valence-corrected chi connectivity index (χ3v) is 2.20. The number of carbonyl (C=O) groups is 1. The van der Waals surface area contributed by atoms with Crippen LogP contribution in [0.2, 0.25) is 0 Å². The van der Waals surface area contributed by atoms with E-state index < -0.39 is 0 Å². The molecule has 0 aliphatic heterocycles. The molecule has 1 heteroatoms. The summed E-state index contributed by atoms with van der Waals surface area (Å²) in [4.78, 5) is 10.5. The van der Waals surface area contributed by atoms with E-state index in [1.165, 1.54) is 6.08 Å². The number of aldehydes is 1. The molecule has 0 spiro atoms. The second-order valence-corrected chi connectivity index (χ2v) is 3.49. The van der Waals surface area contributed by atoms with Crippen LogP contribution >= 0.6 is 0 Å². The number of hydrogen-bond acceptors (Lipinski definition) is 1. The van der Waals surface area contributed by atoms with Gasteiger partial charge in [-0.05, 0) is 18.1 Å². The molecule has 0 atom stereocenters. The Bertz CT molecular complexity index is 404. The van der Waals surface area contributed by atoms with Crippen LogP contribution in [0.15, 0.2) is 36.4 Å². The zero-order valence-corrected chi connectivity index (χ0v) is 9.57. The minimum absolute atomic E-state index is 0.789. The highest BCUT2D eigenvalue weighted by atomic mass is 16.1. The van der Waals surface area contributed by atoms with E-state index in [9.17, 15) is 4.79 Å². The van der Waals surface area contributed by atoms with Crippen LogP contribution in [0.25, 0.3) is 5.57 Å². The minimum atomic E-state index is 0.789. The van der Waals surface area contributed by atoms with Gasteiger partial charge in [0.1, 0.15) is 6.29 Å². The molecule has 1 aromatic rings. The molecule has 82 valence electrons. The van der Waals surface area contributed by atoms with Gasteiger partial charge in [0.25, 0.3) is 0 Å². The van der Waals surface area contributed by atoms with E-state index >= 15 is 0 Å². The number of benzene rings is 1. The standard InChI is InChI=1S/C15H16O/c1-2-3-4-6-11-15(12-13-16)14-9-7-5-8-10-14/h5,7-10,12-13H,2-4H2,1H3. The van der Waals surface area contributed by atoms with Gasteiger partial charge in [-0.15, -0.1) is 0 Å². The van der Waals surface area contributed by atoms with Gasteiger partial charge in [-0.1, -0.05) is 55.5 Å². The fourth-order valence-electron chi connectivity index (χ4n) is 1.32. The normalized spacial score (nSPS) is 10.4. The molecule has 0 aliphatic carbocycles. The summed E-state index contributed by atoms with van der Waals surface area (Å²) in [5.74, 6) is 6.14. The van der Waals surface area contributed by atoms with Crippen molar-refractivity contribution in [1.82, 2.24) is 0 Å². The van der Waals surface area contributed by atoms with Gasteiger partial charge in [-0.25, -0.2) is 0 Å². The number of carbonyl (C=O) groups excluding carboxylic acids is 1. The number of hydrogen-bond donors (Lipinski definition) is 0. The van der Waals surface area contributed by atoms with Crippen LogP contribution in [0.1, 0.15) is 31.7 Å². The third kappa shape index (κ3) is 4.14. The third-order valence-electron chi connectivity index (χ3n) is 2.20. The van der Waals surface area contributed by atoms with Crippen LogP contribution in [0.3, 0.4) is 0 Å². The molecule has 0 aromatic heterocycles. The van der Waals surface area contributed by atoms with Crippen molar-refractivity contribution in [3.05, 3.63) is 42.0 Å². The van der Waals surface area contributed by atoms with Crippen molar-refractivity contribution in [2.45, 2.75) is 26.2 Å². The first-order valence-electron chi connectivity index (χ1n) is 5.58. The van der Waals surface area contributed by atoms with Crippen LogP contribution < -0.4 is 0 Å². The molecular formula is C15H16O. The smallest absolute Gasteiger partial charge is 0.144 e. The van der Waals surface area contributed by atoms with Crippen molar-refractivity contribution in [3.63, 3.8) is 0 Å². The first kappa shape index (κ1) is 12.3. The van der Waals surface area contributed by atoms with Crippen LogP contribution in [0.5, 0.6) is 0 Å². The fraction of sp³-hybridized carbons (Fsp3) is 0.267. The first-order valence-corrected chi connectivity index (χ1v) is 5.58. The Hall–Kier alpha value is -1.81. The van der Waals surface area contributed by atoms with Gasteiger partial charge in [0.2, 0.25) is 0 Å². The zero-order valence-electron chi connectivity index (χ0n) is 9.57. The SMILES string of the molecule is CCCCC#CC(=CC=O)c1ccccc1. The summed E-state index contributed by atoms with van der Waals surface area (Å²) in [6.45, 7) is 2.14. The van der Waals surface area contributed by atoms with Crippen LogP contribution in [0.4, 0.5) is 0 Å². The van der Waals surface area contributed by atoms with Crippen LogP contribution in [0, 0.1) is 11.8 Å². The molecule has 16 heavy (non-hydrogen) atoms. The molecule has 0 heterocycles. The van der Waals surface area contributed by atoms with Crippen LogP contribution in [-0.2, 0) is 4.79 Å². The Morgan fingerprint density at radius 2 is 2.06 bits per heavy atom. The maximum Gasteiger partial charge on any atom is 0.144 e. The van der Waals surface area contributed by atoms with Gasteiger partial charge >= 0.3 is 0 Å². The average Bonchev–Trinajstić information content (AvgIpc) is 2.34. The Morgan fingerprint density at radius 1 is 1.31 bits per heavy atom. The molecule has 0 aliphatic rings. The Kier molecular flexibility index (Phi) is 5.73. The lowest BCUT2D eigenvalue weighted by Gasteiger charge is -1.97. The molecule has 0 saturated heterocycles. The molecule has 0 amide bonds. The molecule has 1 nitrogen and oxygen atoms in total. The monoisotopic (exact) mass is 212 g/mol. The summed E-state index contributed by atoms with van der Waals surface area (Å²) in [6.07, 6.45) is 5.45. The molecule has 1 aromatic carbocycles.